The minimum Gasteiger partial charge on any atom is -0.356 e. The number of amides is 3. The molecule has 0 saturated carbocycles. The molecule has 2 aliphatic heterocycles. The Morgan fingerprint density at radius 2 is 1.96 bits per heavy atom. The van der Waals surface area contributed by atoms with E-state index in [1.165, 1.54) is 10.5 Å². The van der Waals surface area contributed by atoms with Crippen LogP contribution in [0.25, 0.3) is 0 Å². The summed E-state index contributed by atoms with van der Waals surface area (Å²) in [5.41, 5.74) is 1.24. The zero-order valence-corrected chi connectivity index (χ0v) is 14.9. The highest BCUT2D eigenvalue weighted by atomic mass is 32.2. The van der Waals surface area contributed by atoms with E-state index in [9.17, 15) is 9.59 Å². The minimum absolute atomic E-state index is 0.0176. The predicted octanol–water partition coefficient (Wildman–Crippen LogP) is 2.78. The van der Waals surface area contributed by atoms with Crippen LogP contribution in [0.5, 0.6) is 0 Å². The summed E-state index contributed by atoms with van der Waals surface area (Å²) in [5.74, 6) is 1.54. The molecule has 0 aromatic heterocycles. The van der Waals surface area contributed by atoms with Gasteiger partial charge in [-0.1, -0.05) is 18.2 Å². The smallest absolute Gasteiger partial charge is 0.317 e. The van der Waals surface area contributed by atoms with Crippen LogP contribution in [0.1, 0.15) is 37.8 Å². The lowest BCUT2D eigenvalue weighted by atomic mass is 9.97. The molecule has 0 aliphatic carbocycles. The van der Waals surface area contributed by atoms with Crippen molar-refractivity contribution in [3.8, 4) is 0 Å². The normalized spacial score (nSPS) is 21.0. The van der Waals surface area contributed by atoms with Crippen LogP contribution in [0.15, 0.2) is 29.2 Å². The lowest BCUT2D eigenvalue weighted by Gasteiger charge is -2.34. The Morgan fingerprint density at radius 3 is 2.71 bits per heavy atom. The Bertz CT molecular complexity index is 600. The van der Waals surface area contributed by atoms with Crippen LogP contribution in [0.3, 0.4) is 0 Å². The van der Waals surface area contributed by atoms with E-state index in [1.807, 2.05) is 22.7 Å². The van der Waals surface area contributed by atoms with Crippen LogP contribution in [0.4, 0.5) is 4.79 Å². The summed E-state index contributed by atoms with van der Waals surface area (Å²) >= 11 is 1.86. The summed E-state index contributed by atoms with van der Waals surface area (Å²) in [5, 5.41) is 6.09. The molecule has 2 aliphatic rings. The summed E-state index contributed by atoms with van der Waals surface area (Å²) in [4.78, 5) is 26.8. The van der Waals surface area contributed by atoms with Crippen molar-refractivity contribution in [2.75, 3.05) is 25.4 Å². The molecular weight excluding hydrogens is 322 g/mol. The average molecular weight is 347 g/mol. The molecule has 2 heterocycles. The van der Waals surface area contributed by atoms with E-state index in [0.29, 0.717) is 5.92 Å². The summed E-state index contributed by atoms with van der Waals surface area (Å²) < 4.78 is 0. The van der Waals surface area contributed by atoms with E-state index in [0.717, 1.165) is 44.6 Å². The van der Waals surface area contributed by atoms with Crippen molar-refractivity contribution in [3.05, 3.63) is 29.8 Å². The first-order valence-corrected chi connectivity index (χ1v) is 9.63. The van der Waals surface area contributed by atoms with Crippen LogP contribution in [-0.4, -0.2) is 42.2 Å². The molecular formula is C18H25N3O2S. The Balaban J connectivity index is 1.51. The molecule has 0 bridgehead atoms. The van der Waals surface area contributed by atoms with E-state index in [1.54, 1.807) is 6.92 Å². The van der Waals surface area contributed by atoms with Crippen molar-refractivity contribution in [2.45, 2.75) is 37.1 Å². The van der Waals surface area contributed by atoms with Gasteiger partial charge < -0.3 is 15.5 Å². The van der Waals surface area contributed by atoms with Crippen LogP contribution < -0.4 is 10.6 Å². The highest BCUT2D eigenvalue weighted by Crippen LogP contribution is 2.35. The average Bonchev–Trinajstić information content (AvgIpc) is 2.60. The molecule has 3 amide bonds. The summed E-state index contributed by atoms with van der Waals surface area (Å²) in [7, 11) is 0. The number of likely N-dealkylation sites (tertiary alicyclic amines) is 1. The van der Waals surface area contributed by atoms with Gasteiger partial charge in [-0.25, -0.2) is 4.79 Å². The van der Waals surface area contributed by atoms with Gasteiger partial charge in [-0.3, -0.25) is 4.79 Å². The minimum atomic E-state index is 0.0176. The lowest BCUT2D eigenvalue weighted by molar-refractivity contribution is -0.119. The van der Waals surface area contributed by atoms with E-state index in [2.05, 4.69) is 28.8 Å². The maximum atomic E-state index is 12.6. The van der Waals surface area contributed by atoms with Crippen molar-refractivity contribution in [1.82, 2.24) is 15.5 Å². The molecule has 24 heavy (non-hydrogen) atoms. The Kier molecular flexibility index (Phi) is 5.66. The number of hydrogen-bond donors (Lipinski definition) is 2. The second-order valence-corrected chi connectivity index (χ2v) is 7.68. The Labute approximate surface area is 147 Å². The molecule has 3 rings (SSSR count). The number of piperidine rings is 1. The fourth-order valence-corrected chi connectivity index (χ4v) is 4.49. The van der Waals surface area contributed by atoms with Crippen LogP contribution in [-0.2, 0) is 4.79 Å². The van der Waals surface area contributed by atoms with Gasteiger partial charge in [0, 0.05) is 37.2 Å². The van der Waals surface area contributed by atoms with E-state index in [-0.39, 0.29) is 18.0 Å². The highest BCUT2D eigenvalue weighted by molar-refractivity contribution is 7.99. The number of carbonyl (C=O) groups is 2. The Morgan fingerprint density at radius 1 is 1.21 bits per heavy atom. The maximum Gasteiger partial charge on any atom is 0.317 e. The van der Waals surface area contributed by atoms with Crippen molar-refractivity contribution in [3.63, 3.8) is 0 Å². The van der Waals surface area contributed by atoms with Gasteiger partial charge >= 0.3 is 6.03 Å². The lowest BCUT2D eigenvalue weighted by Crippen LogP contribution is -2.47. The molecule has 0 spiro atoms. The van der Waals surface area contributed by atoms with Crippen molar-refractivity contribution in [1.29, 1.82) is 0 Å². The summed E-state index contributed by atoms with van der Waals surface area (Å²) in [6.45, 7) is 3.79. The van der Waals surface area contributed by atoms with Gasteiger partial charge in [0.15, 0.2) is 0 Å². The largest absolute Gasteiger partial charge is 0.356 e. The standard InChI is InChI=1S/C18H25N3O2S/c1-13(22)19-12-14-6-9-21(10-7-14)18(23)20-16-8-11-24-17-5-3-2-4-15(16)17/h2-5,14,16H,6-12H2,1H3,(H,19,22)(H,20,23)/t16-/m0/s1. The SMILES string of the molecule is CC(=O)NCC1CCN(C(=O)N[C@H]2CCSc3ccccc32)CC1. The number of urea groups is 1. The topological polar surface area (TPSA) is 61.4 Å². The van der Waals surface area contributed by atoms with E-state index < -0.39 is 0 Å². The fraction of sp³-hybridized carbons (Fsp3) is 0.556. The molecule has 1 saturated heterocycles. The number of fused-ring (bicyclic) bond motifs is 1. The first-order valence-electron chi connectivity index (χ1n) is 8.65. The number of rotatable bonds is 3. The van der Waals surface area contributed by atoms with Crippen LogP contribution in [0, 0.1) is 5.92 Å². The number of benzene rings is 1. The summed E-state index contributed by atoms with van der Waals surface area (Å²) in [6, 6.07) is 8.50. The second-order valence-electron chi connectivity index (χ2n) is 6.54. The van der Waals surface area contributed by atoms with Gasteiger partial charge in [0.05, 0.1) is 6.04 Å². The van der Waals surface area contributed by atoms with E-state index >= 15 is 0 Å². The molecule has 1 aromatic carbocycles. The molecule has 1 fully saturated rings. The first-order chi connectivity index (χ1) is 11.6. The van der Waals surface area contributed by atoms with Crippen LogP contribution >= 0.6 is 11.8 Å². The fourth-order valence-electron chi connectivity index (χ4n) is 3.36. The molecule has 1 aromatic rings. The number of hydrogen-bond acceptors (Lipinski definition) is 3. The first kappa shape index (κ1) is 17.1. The quantitative estimate of drug-likeness (QED) is 0.884. The van der Waals surface area contributed by atoms with Crippen LogP contribution in [0.2, 0.25) is 0 Å². The Hall–Kier alpha value is -1.69. The number of nitrogens with zero attached hydrogens (tertiary/aromatic N) is 1. The molecule has 2 N–H and O–H groups in total. The number of thioether (sulfide) groups is 1. The monoisotopic (exact) mass is 347 g/mol. The zero-order valence-electron chi connectivity index (χ0n) is 14.1. The van der Waals surface area contributed by atoms with Gasteiger partial charge in [0.1, 0.15) is 0 Å². The molecule has 0 unspecified atom stereocenters. The van der Waals surface area contributed by atoms with Gasteiger partial charge in [-0.15, -0.1) is 11.8 Å². The molecule has 130 valence electrons. The molecule has 1 atom stereocenters. The third-order valence-corrected chi connectivity index (χ3v) is 5.92. The third-order valence-electron chi connectivity index (χ3n) is 4.80. The predicted molar refractivity (Wildman–Crippen MR) is 96.0 cm³/mol. The van der Waals surface area contributed by atoms with Crippen molar-refractivity contribution >= 4 is 23.7 Å². The van der Waals surface area contributed by atoms with Gasteiger partial charge in [-0.05, 0) is 36.8 Å². The molecule has 5 nitrogen and oxygen atoms in total. The zero-order chi connectivity index (χ0) is 16.9. The van der Waals surface area contributed by atoms with Crippen molar-refractivity contribution < 1.29 is 9.59 Å². The highest BCUT2D eigenvalue weighted by Gasteiger charge is 2.27. The third kappa shape index (κ3) is 4.23. The summed E-state index contributed by atoms with van der Waals surface area (Å²) in [6.07, 6.45) is 2.88. The number of nitrogens with one attached hydrogen (secondary N) is 2. The maximum absolute atomic E-state index is 12.6. The number of carbonyl (C=O) groups excluding carboxylic acids is 2. The molecule has 6 heteroatoms. The van der Waals surface area contributed by atoms with Gasteiger partial charge in [0.2, 0.25) is 5.91 Å². The van der Waals surface area contributed by atoms with Crippen molar-refractivity contribution in [2.24, 2.45) is 5.92 Å². The second kappa shape index (κ2) is 7.92. The van der Waals surface area contributed by atoms with Gasteiger partial charge in [-0.2, -0.15) is 0 Å². The van der Waals surface area contributed by atoms with Gasteiger partial charge in [0.25, 0.3) is 0 Å². The van der Waals surface area contributed by atoms with E-state index in [4.69, 9.17) is 0 Å². The molecule has 0 radical (unpaired) electrons.